The summed E-state index contributed by atoms with van der Waals surface area (Å²) in [6, 6.07) is 8.58. The smallest absolute Gasteiger partial charge is 0.191 e. The van der Waals surface area contributed by atoms with Crippen molar-refractivity contribution in [2.45, 2.75) is 24.8 Å². The normalized spacial score (nSPS) is 10.7. The predicted octanol–water partition coefficient (Wildman–Crippen LogP) is 3.10. The van der Waals surface area contributed by atoms with Crippen molar-refractivity contribution in [1.82, 2.24) is 10.6 Å². The van der Waals surface area contributed by atoms with Gasteiger partial charge in [0.05, 0.1) is 0 Å². The number of nitrogens with zero attached hydrogens (tertiary/aromatic N) is 1. The molecule has 1 aromatic rings. The Hall–Kier alpha value is -0.430. The summed E-state index contributed by atoms with van der Waals surface area (Å²) < 4.78 is 0. The highest BCUT2D eigenvalue weighted by atomic mass is 127. The molecule has 0 aromatic heterocycles. The first-order valence-corrected chi connectivity index (χ1v) is 7.10. The molecule has 2 N–H and O–H groups in total. The summed E-state index contributed by atoms with van der Waals surface area (Å²) in [5.41, 5.74) is 1.27. The molecule has 102 valence electrons. The Balaban J connectivity index is 0.00000289. The molecule has 3 nitrogen and oxygen atoms in total. The molecule has 0 aliphatic rings. The van der Waals surface area contributed by atoms with Crippen LogP contribution in [0.2, 0.25) is 0 Å². The van der Waals surface area contributed by atoms with E-state index in [4.69, 9.17) is 0 Å². The van der Waals surface area contributed by atoms with Crippen molar-refractivity contribution in [3.8, 4) is 0 Å². The molecule has 0 unspecified atom stereocenters. The number of thioether (sulfide) groups is 1. The summed E-state index contributed by atoms with van der Waals surface area (Å²) in [5.74, 6) is 0.862. The van der Waals surface area contributed by atoms with Crippen LogP contribution in [-0.2, 0) is 6.54 Å². The maximum atomic E-state index is 4.16. The molecule has 0 fully saturated rings. The lowest BCUT2D eigenvalue weighted by atomic mass is 10.2. The lowest BCUT2D eigenvalue weighted by Gasteiger charge is -2.11. The van der Waals surface area contributed by atoms with Gasteiger partial charge in [0.15, 0.2) is 5.96 Å². The fourth-order valence-electron chi connectivity index (χ4n) is 1.39. The molecule has 1 rings (SSSR count). The van der Waals surface area contributed by atoms with Crippen molar-refractivity contribution in [2.75, 3.05) is 19.8 Å². The van der Waals surface area contributed by atoms with Gasteiger partial charge in [-0.05, 0) is 30.4 Å². The Morgan fingerprint density at radius 2 is 1.89 bits per heavy atom. The monoisotopic (exact) mass is 379 g/mol. The van der Waals surface area contributed by atoms with Crippen LogP contribution in [0.15, 0.2) is 34.2 Å². The first-order chi connectivity index (χ1) is 8.30. The van der Waals surface area contributed by atoms with Crippen LogP contribution in [-0.4, -0.2) is 25.8 Å². The zero-order valence-electron chi connectivity index (χ0n) is 11.2. The highest BCUT2D eigenvalue weighted by Crippen LogP contribution is 2.14. The molecule has 18 heavy (non-hydrogen) atoms. The van der Waals surface area contributed by atoms with Gasteiger partial charge in [-0.1, -0.05) is 19.1 Å². The van der Waals surface area contributed by atoms with E-state index in [1.165, 1.54) is 10.5 Å². The van der Waals surface area contributed by atoms with E-state index < -0.39 is 0 Å². The van der Waals surface area contributed by atoms with Crippen LogP contribution >= 0.6 is 35.7 Å². The second-order valence-corrected chi connectivity index (χ2v) is 4.58. The zero-order valence-corrected chi connectivity index (χ0v) is 14.3. The third-order valence-corrected chi connectivity index (χ3v) is 3.13. The highest BCUT2D eigenvalue weighted by Gasteiger charge is 1.97. The Kier molecular flexibility index (Phi) is 10.2. The Labute approximate surface area is 131 Å². The molecule has 0 saturated carbocycles. The second kappa shape index (κ2) is 10.5. The largest absolute Gasteiger partial charge is 0.356 e. The number of nitrogens with one attached hydrogen (secondary N) is 2. The van der Waals surface area contributed by atoms with Gasteiger partial charge in [-0.15, -0.1) is 35.7 Å². The van der Waals surface area contributed by atoms with Crippen molar-refractivity contribution in [1.29, 1.82) is 0 Å². The minimum absolute atomic E-state index is 0. The summed E-state index contributed by atoms with van der Waals surface area (Å²) in [5, 5.41) is 6.54. The van der Waals surface area contributed by atoms with E-state index in [0.717, 1.165) is 25.5 Å². The summed E-state index contributed by atoms with van der Waals surface area (Å²) >= 11 is 1.76. The molecule has 0 radical (unpaired) electrons. The van der Waals surface area contributed by atoms with Gasteiger partial charge in [0.2, 0.25) is 0 Å². The van der Waals surface area contributed by atoms with Crippen LogP contribution in [0.5, 0.6) is 0 Å². The lowest BCUT2D eigenvalue weighted by molar-refractivity contribution is 0.781. The number of guanidine groups is 1. The average molecular weight is 379 g/mol. The summed E-state index contributed by atoms with van der Waals surface area (Å²) in [6.07, 6.45) is 3.19. The molecule has 0 heterocycles. The number of rotatable bonds is 5. The van der Waals surface area contributed by atoms with Crippen molar-refractivity contribution in [2.24, 2.45) is 4.99 Å². The maximum absolute atomic E-state index is 4.16. The number of hydrogen-bond donors (Lipinski definition) is 2. The minimum atomic E-state index is 0. The van der Waals surface area contributed by atoms with Crippen LogP contribution in [0.1, 0.15) is 18.9 Å². The van der Waals surface area contributed by atoms with Crippen molar-refractivity contribution in [3.05, 3.63) is 29.8 Å². The SMILES string of the molecule is CCCNC(=NC)NCc1ccc(SC)cc1.I. The van der Waals surface area contributed by atoms with E-state index in [-0.39, 0.29) is 24.0 Å². The van der Waals surface area contributed by atoms with Crippen LogP contribution in [0.4, 0.5) is 0 Å². The van der Waals surface area contributed by atoms with Gasteiger partial charge in [0.25, 0.3) is 0 Å². The minimum Gasteiger partial charge on any atom is -0.356 e. The third-order valence-electron chi connectivity index (χ3n) is 2.39. The third kappa shape index (κ3) is 6.49. The van der Waals surface area contributed by atoms with Gasteiger partial charge in [-0.3, -0.25) is 4.99 Å². The summed E-state index contributed by atoms with van der Waals surface area (Å²) in [7, 11) is 1.79. The van der Waals surface area contributed by atoms with Crippen molar-refractivity contribution in [3.63, 3.8) is 0 Å². The van der Waals surface area contributed by atoms with Crippen molar-refractivity contribution < 1.29 is 0 Å². The van der Waals surface area contributed by atoms with E-state index >= 15 is 0 Å². The number of aliphatic imine (C=N–C) groups is 1. The Morgan fingerprint density at radius 1 is 1.22 bits per heavy atom. The predicted molar refractivity (Wildman–Crippen MR) is 92.1 cm³/mol. The van der Waals surface area contributed by atoms with E-state index in [1.54, 1.807) is 18.8 Å². The maximum Gasteiger partial charge on any atom is 0.191 e. The fourth-order valence-corrected chi connectivity index (χ4v) is 1.80. The van der Waals surface area contributed by atoms with Crippen LogP contribution in [0, 0.1) is 0 Å². The molecule has 0 saturated heterocycles. The number of hydrogen-bond acceptors (Lipinski definition) is 2. The van der Waals surface area contributed by atoms with E-state index in [0.29, 0.717) is 0 Å². The standard InChI is InChI=1S/C13H21N3S.HI/c1-4-9-15-13(14-2)16-10-11-5-7-12(17-3)8-6-11;/h5-8H,4,9-10H2,1-3H3,(H2,14,15,16);1H. The van der Waals surface area contributed by atoms with Gasteiger partial charge in [-0.25, -0.2) is 0 Å². The topological polar surface area (TPSA) is 36.4 Å². The molecule has 0 bridgehead atoms. The quantitative estimate of drug-likeness (QED) is 0.357. The van der Waals surface area contributed by atoms with E-state index in [2.05, 4.69) is 53.1 Å². The average Bonchev–Trinajstić information content (AvgIpc) is 2.39. The van der Waals surface area contributed by atoms with Crippen molar-refractivity contribution >= 4 is 41.7 Å². The molecule has 0 spiro atoms. The molecule has 0 aliphatic carbocycles. The molecule has 0 amide bonds. The van der Waals surface area contributed by atoms with Crippen LogP contribution in [0.3, 0.4) is 0 Å². The van der Waals surface area contributed by atoms with Gasteiger partial charge in [-0.2, -0.15) is 0 Å². The molecular weight excluding hydrogens is 357 g/mol. The molecule has 0 atom stereocenters. The fraction of sp³-hybridized carbons (Fsp3) is 0.462. The molecule has 5 heteroatoms. The van der Waals surface area contributed by atoms with Crippen LogP contribution in [0.25, 0.3) is 0 Å². The Morgan fingerprint density at radius 3 is 2.39 bits per heavy atom. The first-order valence-electron chi connectivity index (χ1n) is 5.87. The number of benzene rings is 1. The highest BCUT2D eigenvalue weighted by molar-refractivity contribution is 14.0. The van der Waals surface area contributed by atoms with E-state index in [1.807, 2.05) is 0 Å². The van der Waals surface area contributed by atoms with Gasteiger partial charge >= 0.3 is 0 Å². The lowest BCUT2D eigenvalue weighted by Crippen LogP contribution is -2.37. The van der Waals surface area contributed by atoms with Crippen LogP contribution < -0.4 is 10.6 Å². The summed E-state index contributed by atoms with van der Waals surface area (Å²) in [6.45, 7) is 3.89. The van der Waals surface area contributed by atoms with E-state index in [9.17, 15) is 0 Å². The second-order valence-electron chi connectivity index (χ2n) is 3.70. The van der Waals surface area contributed by atoms with Gasteiger partial charge in [0.1, 0.15) is 0 Å². The number of halogens is 1. The molecule has 0 aliphatic heterocycles. The van der Waals surface area contributed by atoms with Gasteiger partial charge < -0.3 is 10.6 Å². The van der Waals surface area contributed by atoms with Gasteiger partial charge in [0, 0.05) is 25.0 Å². The summed E-state index contributed by atoms with van der Waals surface area (Å²) in [4.78, 5) is 5.46. The zero-order chi connectivity index (χ0) is 12.5. The first kappa shape index (κ1) is 17.6. The Bertz CT molecular complexity index is 352. The molecule has 1 aromatic carbocycles. The molecular formula is C13H22IN3S.